The SMILES string of the molecule is CCCCCCOc1ccc(/C=C/c2ccnc(-c3cc(/C=C/c4ccc(OCCCCCC)cc4)ccn3)c2)cc1.CCCCCCOc1ccc(/C=C/c2ccnc(-c3cc(/C=C/c4ccc(OCCCCCC)cc4)ccn3)c2)cc1.O=COc1ccnc(-c2cc(C(=O)O)ccn2)c1.O=COc1ccnc(-c2cc(C(=O)O)ccn2)c1.[Ru+].[Ru+].c1ccc2[n-]c(-c3nc4ccccc4[n-]3)nc2c1. The topological polar surface area (TPSA) is 321 Å². The minimum atomic E-state index is -1.04. The number of hydrogen-bond donors (Lipinski definition) is 2. The first-order valence-electron chi connectivity index (χ1n) is 46.6. The Balaban J connectivity index is 0.000000190. The van der Waals surface area contributed by atoms with Crippen molar-refractivity contribution >= 4 is 95.6 Å². The van der Waals surface area contributed by atoms with Gasteiger partial charge in [-0.2, -0.15) is 0 Å². The molecule has 16 rings (SSSR count). The van der Waals surface area contributed by atoms with Gasteiger partial charge in [-0.3, -0.25) is 49.5 Å². The Morgan fingerprint density at radius 1 is 0.271 bits per heavy atom. The number of para-hydroxylation sites is 4. The van der Waals surface area contributed by atoms with Crippen molar-refractivity contribution in [3.05, 3.63) is 348 Å². The van der Waals surface area contributed by atoms with Gasteiger partial charge in [-0.05, 0) is 226 Å². The van der Waals surface area contributed by atoms with E-state index in [1.165, 1.54) is 150 Å². The quantitative estimate of drug-likeness (QED) is 0.0204. The molecule has 26 heteroatoms. The van der Waals surface area contributed by atoms with Crippen LogP contribution in [0, 0.1) is 0 Å². The fourth-order valence-corrected chi connectivity index (χ4v) is 13.9. The molecule has 10 heterocycles. The summed E-state index contributed by atoms with van der Waals surface area (Å²) in [5.74, 6) is 3.43. The van der Waals surface area contributed by atoms with Crippen molar-refractivity contribution < 1.29 is 96.8 Å². The van der Waals surface area contributed by atoms with Gasteiger partial charge in [-0.15, -0.1) is 0 Å². The van der Waals surface area contributed by atoms with E-state index < -0.39 is 11.9 Å². The number of aromatic nitrogens is 12. The average molecular weight is 2040 g/mol. The number of aromatic carboxylic acids is 2. The summed E-state index contributed by atoms with van der Waals surface area (Å²) in [4.78, 5) is 94.4. The Bertz CT molecular complexity index is 5950. The number of carboxylic acid groups (broad SMARTS) is 2. The molecule has 0 unspecified atom stereocenters. The molecule has 140 heavy (non-hydrogen) atoms. The molecule has 16 aromatic rings. The number of imidazole rings is 2. The maximum absolute atomic E-state index is 10.8. The first-order chi connectivity index (χ1) is 67.8. The third kappa shape index (κ3) is 36.0. The van der Waals surface area contributed by atoms with Gasteiger partial charge in [0, 0.05) is 61.7 Å². The number of fused-ring (bicyclic) bond motifs is 2. The second kappa shape index (κ2) is 59.7. The first kappa shape index (κ1) is 107. The van der Waals surface area contributed by atoms with Crippen molar-refractivity contribution in [1.29, 1.82) is 0 Å². The zero-order chi connectivity index (χ0) is 96.4. The van der Waals surface area contributed by atoms with Gasteiger partial charge in [0.15, 0.2) is 0 Å². The Hall–Kier alpha value is -15.3. The van der Waals surface area contributed by atoms with Crippen molar-refractivity contribution in [2.45, 2.75) is 130 Å². The van der Waals surface area contributed by atoms with Gasteiger partial charge >= 0.3 is 50.9 Å². The summed E-state index contributed by atoms with van der Waals surface area (Å²) in [6.07, 6.45) is 49.3. The number of nitrogens with zero attached hydrogens (tertiary/aromatic N) is 12. The Morgan fingerprint density at radius 3 is 0.771 bits per heavy atom. The fraction of sp³-hybridized carbons (Fsp3) is 0.211. The first-order valence-corrected chi connectivity index (χ1v) is 46.6. The van der Waals surface area contributed by atoms with Gasteiger partial charge in [-0.1, -0.05) is 262 Å². The van der Waals surface area contributed by atoms with Crippen LogP contribution in [-0.2, 0) is 48.5 Å². The number of ether oxygens (including phenoxy) is 6. The van der Waals surface area contributed by atoms with E-state index in [0.29, 0.717) is 58.9 Å². The smallest absolute Gasteiger partial charge is 0.494 e. The van der Waals surface area contributed by atoms with Crippen LogP contribution in [0.3, 0.4) is 0 Å². The van der Waals surface area contributed by atoms with E-state index in [-0.39, 0.29) is 50.1 Å². The minimum absolute atomic E-state index is 0. The van der Waals surface area contributed by atoms with E-state index in [2.05, 4.69) is 218 Å². The third-order valence-corrected chi connectivity index (χ3v) is 21.4. The largest absolute Gasteiger partial charge is 1.00 e. The summed E-state index contributed by atoms with van der Waals surface area (Å²) in [6, 6.07) is 76.5. The molecule has 0 aliphatic rings. The van der Waals surface area contributed by atoms with Crippen LogP contribution in [0.2, 0.25) is 0 Å². The molecule has 0 fully saturated rings. The number of benzene rings is 6. The number of pyridine rings is 8. The number of unbranched alkanes of at least 4 members (excludes halogenated alkanes) is 12. The van der Waals surface area contributed by atoms with Crippen LogP contribution < -0.4 is 38.4 Å². The molecule has 0 bridgehead atoms. The van der Waals surface area contributed by atoms with Crippen molar-refractivity contribution in [2.75, 3.05) is 26.4 Å². The number of carboxylic acids is 2. The van der Waals surface area contributed by atoms with Crippen LogP contribution in [0.1, 0.15) is 196 Å². The minimum Gasteiger partial charge on any atom is -0.494 e. The Kier molecular flexibility index (Phi) is 45.5. The second-order valence-corrected chi connectivity index (χ2v) is 31.9. The van der Waals surface area contributed by atoms with Crippen molar-refractivity contribution in [1.82, 2.24) is 59.8 Å². The molecule has 0 saturated heterocycles. The van der Waals surface area contributed by atoms with Gasteiger partial charge < -0.3 is 58.6 Å². The molecule has 0 aliphatic carbocycles. The molecule has 716 valence electrons. The molecule has 2 radical (unpaired) electrons. The average Bonchev–Trinajstić information content (AvgIpc) is 1.65. The number of hydrogen-bond acceptors (Lipinski definition) is 20. The predicted octanol–water partition coefficient (Wildman–Crippen LogP) is 25.9. The number of rotatable bonds is 43. The van der Waals surface area contributed by atoms with E-state index in [9.17, 15) is 19.2 Å². The standard InChI is InChI=1S/2C38H44N2O2.C14H8N4.2C12H8N2O4.2Ru/c2*1-3-5-7-9-27-41-35-19-15-31(16-20-35)11-13-33-23-25-39-37(29-33)38-30-34(24-26-40-38)14-12-32-17-21-36(22-18-32)42-28-10-8-6-4-2;1-2-6-10-9(5-1)15-13(16-10)14-17-11-7-3-4-8-12(11)18-14;2*15-7-18-9-2-4-14-11(6-9)10-5-8(12(16)17)1-3-13-10;;/h2*11-26,29-30H,3-10,27-28H2,1-2H3;1-8H;2*1-7H,(H,16,17);;/q;;-2;;;2*+1/b2*13-11+,14-12+;;;;;. The molecule has 2 N–H and O–H groups in total. The monoisotopic (exact) mass is 2040 g/mol. The Labute approximate surface area is 842 Å². The van der Waals surface area contributed by atoms with Crippen molar-refractivity contribution in [2.24, 2.45) is 0 Å². The normalized spacial score (nSPS) is 10.8. The summed E-state index contributed by atoms with van der Waals surface area (Å²) < 4.78 is 32.8. The predicted molar refractivity (Wildman–Crippen MR) is 546 cm³/mol. The van der Waals surface area contributed by atoms with E-state index >= 15 is 0 Å². The number of carbonyl (C=O) groups excluding carboxylic acids is 2. The van der Waals surface area contributed by atoms with Gasteiger partial charge in [0.05, 0.1) is 83.1 Å². The second-order valence-electron chi connectivity index (χ2n) is 31.9. The van der Waals surface area contributed by atoms with Crippen LogP contribution in [-0.4, -0.2) is 111 Å². The molecule has 0 amide bonds. The van der Waals surface area contributed by atoms with Crippen molar-refractivity contribution in [3.63, 3.8) is 0 Å². The van der Waals surface area contributed by atoms with E-state index in [1.54, 1.807) is 0 Å². The molecule has 6 aromatic carbocycles. The van der Waals surface area contributed by atoms with Crippen LogP contribution in [0.4, 0.5) is 0 Å². The molecule has 0 atom stereocenters. The third-order valence-electron chi connectivity index (χ3n) is 21.4. The van der Waals surface area contributed by atoms with Gasteiger partial charge in [0.1, 0.15) is 34.5 Å². The molecule has 24 nitrogen and oxygen atoms in total. The van der Waals surface area contributed by atoms with Crippen LogP contribution in [0.25, 0.3) is 128 Å². The van der Waals surface area contributed by atoms with E-state index in [0.717, 1.165) is 164 Å². The fourth-order valence-electron chi connectivity index (χ4n) is 13.9. The van der Waals surface area contributed by atoms with E-state index in [4.69, 9.17) is 29.2 Å². The van der Waals surface area contributed by atoms with Gasteiger partial charge in [-0.25, -0.2) is 9.59 Å². The van der Waals surface area contributed by atoms with E-state index in [1.807, 2.05) is 146 Å². The summed E-state index contributed by atoms with van der Waals surface area (Å²) >= 11 is 0. The molecule has 10 aromatic heterocycles. The summed E-state index contributed by atoms with van der Waals surface area (Å²) in [6.45, 7) is 12.6. The molecule has 0 saturated carbocycles. The van der Waals surface area contributed by atoms with Gasteiger partial charge in [0.2, 0.25) is 0 Å². The molecule has 0 aliphatic heterocycles. The van der Waals surface area contributed by atoms with Crippen molar-refractivity contribution in [3.8, 4) is 91.7 Å². The summed E-state index contributed by atoms with van der Waals surface area (Å²) in [5.41, 5.74) is 17.6. The molecule has 0 spiro atoms. The maximum Gasteiger partial charge on any atom is 1.00 e. The molecular weight excluding hydrogens is 1930 g/mol. The maximum atomic E-state index is 10.8. The van der Waals surface area contributed by atoms with Crippen LogP contribution in [0.5, 0.6) is 34.5 Å². The zero-order valence-electron chi connectivity index (χ0n) is 78.7. The van der Waals surface area contributed by atoms with Crippen LogP contribution in [0.15, 0.2) is 292 Å². The molecular formula is C114H112N12O12Ru2. The number of carbonyl (C=O) groups is 4. The zero-order valence-corrected chi connectivity index (χ0v) is 82.2. The van der Waals surface area contributed by atoms with Crippen LogP contribution >= 0.6 is 0 Å². The summed E-state index contributed by atoms with van der Waals surface area (Å²) in [7, 11) is 0. The summed E-state index contributed by atoms with van der Waals surface area (Å²) in [5, 5.41) is 17.8. The Morgan fingerprint density at radius 2 is 0.514 bits per heavy atom. The van der Waals surface area contributed by atoms with Gasteiger partial charge in [0.25, 0.3) is 12.9 Å².